The molecule has 1 unspecified atom stereocenters. The Hall–Kier alpha value is -2.12. The summed E-state index contributed by atoms with van der Waals surface area (Å²) in [5.41, 5.74) is 1.47. The summed E-state index contributed by atoms with van der Waals surface area (Å²) in [5.74, 6) is 0.0561. The van der Waals surface area contributed by atoms with E-state index in [9.17, 15) is 0 Å². The lowest BCUT2D eigenvalue weighted by molar-refractivity contribution is -0.159. The predicted octanol–water partition coefficient (Wildman–Crippen LogP) is 3.17. The number of carboxylic acids is 2. The number of hydrogen-bond donors (Lipinski definition) is 2. The minimum atomic E-state index is -1.82. The van der Waals surface area contributed by atoms with Crippen molar-refractivity contribution in [3.05, 3.63) is 29.8 Å². The number of carbonyl (C=O) groups is 2. The van der Waals surface area contributed by atoms with Gasteiger partial charge in [0.15, 0.2) is 0 Å². The van der Waals surface area contributed by atoms with E-state index in [2.05, 4.69) is 36.2 Å². The van der Waals surface area contributed by atoms with Crippen LogP contribution >= 0.6 is 0 Å². The van der Waals surface area contributed by atoms with Crippen LogP contribution in [0.25, 0.3) is 0 Å². The summed E-state index contributed by atoms with van der Waals surface area (Å²) in [6, 6.07) is 8.69. The molecule has 1 heterocycles. The molecule has 1 aromatic rings. The molecule has 4 rings (SSSR count). The van der Waals surface area contributed by atoms with Crippen molar-refractivity contribution in [3.8, 4) is 5.75 Å². The molecule has 30 heavy (non-hydrogen) atoms. The summed E-state index contributed by atoms with van der Waals surface area (Å²) in [6.45, 7) is 2.61. The van der Waals surface area contributed by atoms with E-state index in [0.717, 1.165) is 17.6 Å². The summed E-state index contributed by atoms with van der Waals surface area (Å²) in [7, 11) is 2.31. The number of para-hydroxylation sites is 1. The van der Waals surface area contributed by atoms with Crippen LogP contribution in [0.4, 0.5) is 0 Å². The standard InChI is InChI=1S/C21H31NO.C2H2O4.H2O/c1-22(15-17-6-4-7-17)13-5-8-16-11-12-19-18-9-2-3-10-20(18)23-21(19)14-16;3-1(4)2(5)6;/h2-3,9-10,16-17,19,21H,4-8,11-15H2,1H3;(H,3,4)(H,5,6);1H2/t16?,19-,21-;;/m1../s1. The molecule has 7 nitrogen and oxygen atoms in total. The Kier molecular flexibility index (Phi) is 9.11. The monoisotopic (exact) mass is 421 g/mol. The molecule has 2 saturated carbocycles. The van der Waals surface area contributed by atoms with Crippen molar-refractivity contribution in [3.63, 3.8) is 0 Å². The van der Waals surface area contributed by atoms with Crippen LogP contribution in [0, 0.1) is 11.8 Å². The van der Waals surface area contributed by atoms with Crippen molar-refractivity contribution in [1.29, 1.82) is 0 Å². The van der Waals surface area contributed by atoms with Gasteiger partial charge in [0.05, 0.1) is 0 Å². The van der Waals surface area contributed by atoms with Gasteiger partial charge < -0.3 is 25.3 Å². The second-order valence-corrected chi connectivity index (χ2v) is 8.79. The average Bonchev–Trinajstić information content (AvgIpc) is 3.03. The lowest BCUT2D eigenvalue weighted by atomic mass is 9.76. The molecule has 1 aliphatic heterocycles. The van der Waals surface area contributed by atoms with Gasteiger partial charge in [-0.3, -0.25) is 0 Å². The van der Waals surface area contributed by atoms with Crippen LogP contribution in [-0.4, -0.2) is 58.8 Å². The Bertz CT molecular complexity index is 693. The van der Waals surface area contributed by atoms with E-state index in [1.54, 1.807) is 0 Å². The van der Waals surface area contributed by atoms with E-state index in [1.165, 1.54) is 70.0 Å². The Morgan fingerprint density at radius 2 is 1.77 bits per heavy atom. The molecule has 0 amide bonds. The zero-order chi connectivity index (χ0) is 20.8. The van der Waals surface area contributed by atoms with Gasteiger partial charge in [-0.15, -0.1) is 0 Å². The Labute approximate surface area is 178 Å². The molecule has 1 aromatic carbocycles. The maximum Gasteiger partial charge on any atom is 0.414 e. The normalized spacial score (nSPS) is 24.3. The van der Waals surface area contributed by atoms with Crippen LogP contribution < -0.4 is 4.74 Å². The predicted molar refractivity (Wildman–Crippen MR) is 114 cm³/mol. The molecule has 0 saturated heterocycles. The molecular weight excluding hydrogens is 386 g/mol. The molecule has 7 heteroatoms. The van der Waals surface area contributed by atoms with Crippen LogP contribution in [0.3, 0.4) is 0 Å². The van der Waals surface area contributed by atoms with E-state index in [1.807, 2.05) is 0 Å². The smallest absolute Gasteiger partial charge is 0.414 e. The highest BCUT2D eigenvalue weighted by atomic mass is 16.5. The van der Waals surface area contributed by atoms with Gasteiger partial charge in [0.25, 0.3) is 0 Å². The van der Waals surface area contributed by atoms with Gasteiger partial charge in [0.1, 0.15) is 11.9 Å². The van der Waals surface area contributed by atoms with Crippen molar-refractivity contribution in [1.82, 2.24) is 4.90 Å². The first-order chi connectivity index (χ1) is 13.9. The minimum Gasteiger partial charge on any atom is -0.489 e. The Morgan fingerprint density at radius 1 is 1.07 bits per heavy atom. The lowest BCUT2D eigenvalue weighted by Crippen LogP contribution is -2.31. The zero-order valence-corrected chi connectivity index (χ0v) is 17.8. The van der Waals surface area contributed by atoms with Gasteiger partial charge in [0.2, 0.25) is 0 Å². The second-order valence-electron chi connectivity index (χ2n) is 8.79. The van der Waals surface area contributed by atoms with Crippen molar-refractivity contribution in [2.45, 2.75) is 63.4 Å². The fraction of sp³-hybridized carbons (Fsp3) is 0.652. The van der Waals surface area contributed by atoms with Crippen LogP contribution in [0.2, 0.25) is 0 Å². The van der Waals surface area contributed by atoms with Gasteiger partial charge >= 0.3 is 11.9 Å². The zero-order valence-electron chi connectivity index (χ0n) is 17.8. The summed E-state index contributed by atoms with van der Waals surface area (Å²) >= 11 is 0. The maximum atomic E-state index is 9.10. The molecule has 0 aromatic heterocycles. The van der Waals surface area contributed by atoms with Crippen LogP contribution in [0.5, 0.6) is 5.75 Å². The first-order valence-corrected chi connectivity index (χ1v) is 10.8. The van der Waals surface area contributed by atoms with Crippen molar-refractivity contribution in [2.24, 2.45) is 11.8 Å². The summed E-state index contributed by atoms with van der Waals surface area (Å²) < 4.78 is 6.23. The summed E-state index contributed by atoms with van der Waals surface area (Å²) in [4.78, 5) is 20.8. The minimum absolute atomic E-state index is 0. The van der Waals surface area contributed by atoms with Crippen molar-refractivity contribution < 1.29 is 30.0 Å². The SMILES string of the molecule is CN(CCCC1CC[C@@H]2c3ccccc3O[C@@H]2C1)CC1CCC1.O.O=C(O)C(=O)O. The average molecular weight is 422 g/mol. The van der Waals surface area contributed by atoms with Gasteiger partial charge in [0, 0.05) is 18.0 Å². The third kappa shape index (κ3) is 6.44. The van der Waals surface area contributed by atoms with Crippen molar-refractivity contribution in [2.75, 3.05) is 20.1 Å². The maximum absolute atomic E-state index is 9.10. The highest BCUT2D eigenvalue weighted by molar-refractivity contribution is 6.27. The van der Waals surface area contributed by atoms with Gasteiger partial charge in [-0.2, -0.15) is 0 Å². The van der Waals surface area contributed by atoms with Crippen LogP contribution in [0.1, 0.15) is 62.8 Å². The third-order valence-electron chi connectivity index (χ3n) is 6.63. The molecule has 0 radical (unpaired) electrons. The number of hydrogen-bond acceptors (Lipinski definition) is 4. The molecule has 3 atom stereocenters. The number of aliphatic carboxylic acids is 2. The second kappa shape index (κ2) is 11.3. The molecule has 168 valence electrons. The number of fused-ring (bicyclic) bond motifs is 3. The molecule has 3 aliphatic rings. The number of benzene rings is 1. The van der Waals surface area contributed by atoms with Gasteiger partial charge in [-0.1, -0.05) is 24.6 Å². The molecule has 4 N–H and O–H groups in total. The van der Waals surface area contributed by atoms with Crippen LogP contribution in [0.15, 0.2) is 24.3 Å². The number of ether oxygens (including phenoxy) is 1. The van der Waals surface area contributed by atoms with Gasteiger partial charge in [-0.05, 0) is 76.4 Å². The van der Waals surface area contributed by atoms with E-state index in [-0.39, 0.29) is 5.48 Å². The van der Waals surface area contributed by atoms with E-state index < -0.39 is 11.9 Å². The Morgan fingerprint density at radius 3 is 2.40 bits per heavy atom. The first-order valence-electron chi connectivity index (χ1n) is 10.8. The van der Waals surface area contributed by atoms with E-state index in [4.69, 9.17) is 24.5 Å². The largest absolute Gasteiger partial charge is 0.489 e. The Balaban J connectivity index is 0.000000405. The number of rotatable bonds is 6. The molecule has 0 bridgehead atoms. The third-order valence-corrected chi connectivity index (χ3v) is 6.63. The number of nitrogens with zero attached hydrogens (tertiary/aromatic N) is 1. The molecule has 0 spiro atoms. The highest BCUT2D eigenvalue weighted by Gasteiger charge is 2.38. The van der Waals surface area contributed by atoms with Gasteiger partial charge in [-0.25, -0.2) is 9.59 Å². The first kappa shape index (κ1) is 24.2. The molecule has 2 fully saturated rings. The van der Waals surface area contributed by atoms with E-state index in [0.29, 0.717) is 12.0 Å². The van der Waals surface area contributed by atoms with E-state index >= 15 is 0 Å². The molecular formula is C23H35NO6. The van der Waals surface area contributed by atoms with Crippen molar-refractivity contribution >= 4 is 11.9 Å². The topological polar surface area (TPSA) is 119 Å². The van der Waals surface area contributed by atoms with Crippen LogP contribution in [-0.2, 0) is 9.59 Å². The fourth-order valence-electron chi connectivity index (χ4n) is 4.87. The summed E-state index contributed by atoms with van der Waals surface area (Å²) in [6.07, 6.45) is 11.6. The molecule has 2 aliphatic carbocycles. The number of carboxylic acid groups (broad SMARTS) is 2. The summed E-state index contributed by atoms with van der Waals surface area (Å²) in [5, 5.41) is 14.8. The quantitative estimate of drug-likeness (QED) is 0.681. The fourth-order valence-corrected chi connectivity index (χ4v) is 4.87. The highest BCUT2D eigenvalue weighted by Crippen LogP contribution is 2.47. The lowest BCUT2D eigenvalue weighted by Gasteiger charge is -2.32.